The average Bonchev–Trinajstić information content (AvgIpc) is 2.78. The summed E-state index contributed by atoms with van der Waals surface area (Å²) in [6.45, 7) is 2.87. The monoisotopic (exact) mass is 259 g/mol. The summed E-state index contributed by atoms with van der Waals surface area (Å²) in [6.07, 6.45) is 3.10. The Kier molecular flexibility index (Phi) is 3.50. The topological polar surface area (TPSA) is 86.3 Å². The van der Waals surface area contributed by atoms with Crippen LogP contribution in [0.3, 0.4) is 0 Å². The number of aromatic amines is 1. The van der Waals surface area contributed by atoms with Crippen LogP contribution in [0.2, 0.25) is 0 Å². The van der Waals surface area contributed by atoms with E-state index in [-0.39, 0.29) is 11.6 Å². The summed E-state index contributed by atoms with van der Waals surface area (Å²) in [7, 11) is -3.53. The Labute approximate surface area is 101 Å². The van der Waals surface area contributed by atoms with Crippen molar-refractivity contribution in [3.05, 3.63) is 11.8 Å². The molecular weight excluding hydrogens is 242 g/mol. The maximum Gasteiger partial charge on any atom is 0.260 e. The molecule has 2 N–H and O–H groups in total. The number of sulfonamides is 1. The minimum atomic E-state index is -3.53. The maximum atomic E-state index is 12.3. The van der Waals surface area contributed by atoms with Crippen LogP contribution in [0.15, 0.2) is 11.2 Å². The fourth-order valence-corrected chi connectivity index (χ4v) is 3.56. The Morgan fingerprint density at radius 1 is 1.53 bits per heavy atom. The Morgan fingerprint density at radius 3 is 2.76 bits per heavy atom. The van der Waals surface area contributed by atoms with Crippen LogP contribution < -0.4 is 0 Å². The van der Waals surface area contributed by atoms with Gasteiger partial charge in [0.2, 0.25) is 0 Å². The van der Waals surface area contributed by atoms with E-state index in [1.54, 1.807) is 0 Å². The van der Waals surface area contributed by atoms with Crippen molar-refractivity contribution < 1.29 is 13.5 Å². The van der Waals surface area contributed by atoms with Gasteiger partial charge in [0.15, 0.2) is 5.03 Å². The van der Waals surface area contributed by atoms with Gasteiger partial charge >= 0.3 is 0 Å². The first-order chi connectivity index (χ1) is 8.05. The summed E-state index contributed by atoms with van der Waals surface area (Å²) in [5.41, 5.74) is 0.323. The first-order valence-electron chi connectivity index (χ1n) is 5.69. The standard InChI is InChI=1S/C10H17N3O3S/c1-8-2-4-13(5-3-8)17(15,16)10-9(7-14)6-11-12-10/h6,8,14H,2-5,7H2,1H3,(H,11,12). The number of piperidine rings is 1. The van der Waals surface area contributed by atoms with Crippen LogP contribution in [0, 0.1) is 5.92 Å². The second-order valence-electron chi connectivity index (χ2n) is 4.47. The molecule has 1 aromatic heterocycles. The summed E-state index contributed by atoms with van der Waals surface area (Å²) in [6, 6.07) is 0. The van der Waals surface area contributed by atoms with Gasteiger partial charge in [-0.05, 0) is 18.8 Å². The molecule has 2 rings (SSSR count). The molecule has 1 aliphatic rings. The lowest BCUT2D eigenvalue weighted by atomic mass is 10.0. The van der Waals surface area contributed by atoms with E-state index in [4.69, 9.17) is 5.11 Å². The van der Waals surface area contributed by atoms with E-state index in [0.717, 1.165) is 12.8 Å². The minimum Gasteiger partial charge on any atom is -0.392 e. The van der Waals surface area contributed by atoms with Gasteiger partial charge in [-0.3, -0.25) is 5.10 Å². The van der Waals surface area contributed by atoms with Crippen LogP contribution in [-0.4, -0.2) is 41.1 Å². The predicted octanol–water partition coefficient (Wildman–Crippen LogP) is 0.323. The lowest BCUT2D eigenvalue weighted by Gasteiger charge is -2.29. The van der Waals surface area contributed by atoms with Crippen LogP contribution in [0.5, 0.6) is 0 Å². The van der Waals surface area contributed by atoms with Crippen molar-refractivity contribution in [3.63, 3.8) is 0 Å². The van der Waals surface area contributed by atoms with E-state index in [0.29, 0.717) is 24.6 Å². The largest absolute Gasteiger partial charge is 0.392 e. The average molecular weight is 259 g/mol. The molecule has 2 heterocycles. The number of hydrogen-bond donors (Lipinski definition) is 2. The van der Waals surface area contributed by atoms with Crippen LogP contribution in [0.4, 0.5) is 0 Å². The van der Waals surface area contributed by atoms with Crippen molar-refractivity contribution in [1.82, 2.24) is 14.5 Å². The molecule has 1 aromatic rings. The van der Waals surface area contributed by atoms with Gasteiger partial charge in [-0.2, -0.15) is 9.40 Å². The van der Waals surface area contributed by atoms with Gasteiger partial charge in [0.25, 0.3) is 10.0 Å². The number of aromatic nitrogens is 2. The fourth-order valence-electron chi connectivity index (χ4n) is 1.99. The van der Waals surface area contributed by atoms with Crippen molar-refractivity contribution in [2.24, 2.45) is 5.92 Å². The van der Waals surface area contributed by atoms with E-state index in [9.17, 15) is 8.42 Å². The van der Waals surface area contributed by atoms with Crippen LogP contribution in [-0.2, 0) is 16.6 Å². The van der Waals surface area contributed by atoms with E-state index < -0.39 is 10.0 Å². The first kappa shape index (κ1) is 12.5. The molecule has 0 spiro atoms. The van der Waals surface area contributed by atoms with E-state index in [1.807, 2.05) is 0 Å². The minimum absolute atomic E-state index is 0.0227. The lowest BCUT2D eigenvalue weighted by molar-refractivity contribution is 0.274. The summed E-state index contributed by atoms with van der Waals surface area (Å²) in [4.78, 5) is 0. The molecule has 0 saturated carbocycles. The van der Waals surface area contributed by atoms with Crippen molar-refractivity contribution in [2.45, 2.75) is 31.4 Å². The van der Waals surface area contributed by atoms with Gasteiger partial charge in [-0.15, -0.1) is 0 Å². The first-order valence-corrected chi connectivity index (χ1v) is 7.13. The predicted molar refractivity (Wildman–Crippen MR) is 61.7 cm³/mol. The molecule has 0 aromatic carbocycles. The normalized spacial score (nSPS) is 19.6. The lowest BCUT2D eigenvalue weighted by Crippen LogP contribution is -2.38. The molecule has 96 valence electrons. The molecular formula is C10H17N3O3S. The number of aliphatic hydroxyl groups is 1. The van der Waals surface area contributed by atoms with Crippen molar-refractivity contribution in [1.29, 1.82) is 0 Å². The van der Waals surface area contributed by atoms with Gasteiger partial charge in [-0.1, -0.05) is 6.92 Å². The number of nitrogens with zero attached hydrogens (tertiary/aromatic N) is 2. The third-order valence-corrected chi connectivity index (χ3v) is 5.10. The summed E-state index contributed by atoms with van der Waals surface area (Å²) < 4.78 is 26.0. The van der Waals surface area contributed by atoms with E-state index >= 15 is 0 Å². The molecule has 0 unspecified atom stereocenters. The number of nitrogens with one attached hydrogen (secondary N) is 1. The second kappa shape index (κ2) is 4.75. The zero-order valence-electron chi connectivity index (χ0n) is 9.76. The fraction of sp³-hybridized carbons (Fsp3) is 0.700. The third kappa shape index (κ3) is 2.36. The van der Waals surface area contributed by atoms with Crippen LogP contribution in [0.25, 0.3) is 0 Å². The van der Waals surface area contributed by atoms with Crippen molar-refractivity contribution in [3.8, 4) is 0 Å². The number of aliphatic hydroxyl groups excluding tert-OH is 1. The Morgan fingerprint density at radius 2 is 2.18 bits per heavy atom. The van der Waals surface area contributed by atoms with E-state index in [2.05, 4.69) is 17.1 Å². The van der Waals surface area contributed by atoms with Crippen molar-refractivity contribution >= 4 is 10.0 Å². The highest BCUT2D eigenvalue weighted by Gasteiger charge is 2.30. The molecule has 6 nitrogen and oxygen atoms in total. The molecule has 7 heteroatoms. The summed E-state index contributed by atoms with van der Waals surface area (Å²) >= 11 is 0. The van der Waals surface area contributed by atoms with Crippen LogP contribution >= 0.6 is 0 Å². The molecule has 1 aliphatic heterocycles. The van der Waals surface area contributed by atoms with Gasteiger partial charge in [-0.25, -0.2) is 8.42 Å². The van der Waals surface area contributed by atoms with Gasteiger partial charge in [0, 0.05) is 18.7 Å². The zero-order valence-corrected chi connectivity index (χ0v) is 10.6. The third-order valence-electron chi connectivity index (χ3n) is 3.19. The number of hydrogen-bond acceptors (Lipinski definition) is 4. The highest BCUT2D eigenvalue weighted by molar-refractivity contribution is 7.89. The Hall–Kier alpha value is -0.920. The number of rotatable bonds is 3. The highest BCUT2D eigenvalue weighted by atomic mass is 32.2. The van der Waals surface area contributed by atoms with Gasteiger partial charge < -0.3 is 5.11 Å². The molecule has 0 radical (unpaired) electrons. The second-order valence-corrected chi connectivity index (χ2v) is 6.34. The SMILES string of the molecule is CC1CCN(S(=O)(=O)c2[nH]ncc2CO)CC1. The van der Waals surface area contributed by atoms with E-state index in [1.165, 1.54) is 10.5 Å². The molecule has 17 heavy (non-hydrogen) atoms. The highest BCUT2D eigenvalue weighted by Crippen LogP contribution is 2.23. The van der Waals surface area contributed by atoms with Crippen molar-refractivity contribution in [2.75, 3.05) is 13.1 Å². The molecule has 1 fully saturated rings. The smallest absolute Gasteiger partial charge is 0.260 e. The van der Waals surface area contributed by atoms with Crippen LogP contribution in [0.1, 0.15) is 25.3 Å². The zero-order chi connectivity index (χ0) is 12.5. The molecule has 1 saturated heterocycles. The molecule has 0 bridgehead atoms. The van der Waals surface area contributed by atoms with Gasteiger partial charge in [0.1, 0.15) is 0 Å². The summed E-state index contributed by atoms with van der Waals surface area (Å²) in [5.74, 6) is 0.570. The van der Waals surface area contributed by atoms with Gasteiger partial charge in [0.05, 0.1) is 12.8 Å². The quantitative estimate of drug-likeness (QED) is 0.818. The number of H-pyrrole nitrogens is 1. The summed E-state index contributed by atoms with van der Waals surface area (Å²) in [5, 5.41) is 15.2. The maximum absolute atomic E-state index is 12.3. The Bertz CT molecular complexity index is 475. The Balaban J connectivity index is 2.25. The molecule has 0 aliphatic carbocycles. The molecule has 0 amide bonds. The molecule has 0 atom stereocenters.